The lowest BCUT2D eigenvalue weighted by Crippen LogP contribution is -2.24. The quantitative estimate of drug-likeness (QED) is 0.787. The van der Waals surface area contributed by atoms with Crippen molar-refractivity contribution in [2.75, 3.05) is 5.32 Å². The molecular weight excluding hydrogens is 188 g/mol. The molecule has 15 heavy (non-hydrogen) atoms. The fourth-order valence-corrected chi connectivity index (χ4v) is 1.52. The summed E-state index contributed by atoms with van der Waals surface area (Å²) in [4.78, 5) is 11.5. The first-order valence-electron chi connectivity index (χ1n) is 5.32. The summed E-state index contributed by atoms with van der Waals surface area (Å²) in [6.45, 7) is 0. The Morgan fingerprint density at radius 3 is 2.60 bits per heavy atom. The van der Waals surface area contributed by atoms with E-state index in [-0.39, 0.29) is 11.4 Å². The molecule has 1 amide bonds. The largest absolute Gasteiger partial charge is 0.326 e. The van der Waals surface area contributed by atoms with Crippen molar-refractivity contribution in [2.45, 2.75) is 31.2 Å². The summed E-state index contributed by atoms with van der Waals surface area (Å²) >= 11 is 0. The van der Waals surface area contributed by atoms with Gasteiger partial charge in [0.05, 0.1) is 0 Å². The highest BCUT2D eigenvalue weighted by molar-refractivity contribution is 5.90. The molecule has 0 spiro atoms. The van der Waals surface area contributed by atoms with E-state index in [0.29, 0.717) is 6.42 Å². The van der Waals surface area contributed by atoms with Gasteiger partial charge in [0.2, 0.25) is 5.91 Å². The van der Waals surface area contributed by atoms with Gasteiger partial charge in [-0.2, -0.15) is 0 Å². The van der Waals surface area contributed by atoms with E-state index in [4.69, 9.17) is 5.73 Å². The van der Waals surface area contributed by atoms with E-state index in [0.717, 1.165) is 24.9 Å². The Bertz CT molecular complexity index is 344. The van der Waals surface area contributed by atoms with Crippen LogP contribution >= 0.6 is 0 Å². The number of hydrogen-bond donors (Lipinski definition) is 2. The minimum absolute atomic E-state index is 0.0337. The lowest BCUT2D eigenvalue weighted by atomic mass is 10.1. The highest BCUT2D eigenvalue weighted by atomic mass is 16.1. The predicted octanol–water partition coefficient (Wildman–Crippen LogP) is 1.90. The van der Waals surface area contributed by atoms with E-state index in [1.807, 2.05) is 30.3 Å². The Labute approximate surface area is 89.7 Å². The third-order valence-corrected chi connectivity index (χ3v) is 2.80. The molecule has 0 radical (unpaired) electrons. The van der Waals surface area contributed by atoms with Crippen LogP contribution in [0.15, 0.2) is 30.3 Å². The standard InChI is InChI=1S/C12H16N2O/c13-12(8-9-12)7-6-11(15)14-10-4-2-1-3-5-10/h1-5H,6-9,13H2,(H,14,15). The van der Waals surface area contributed by atoms with Crippen molar-refractivity contribution >= 4 is 11.6 Å². The van der Waals surface area contributed by atoms with Crippen LogP contribution in [-0.4, -0.2) is 11.4 Å². The summed E-state index contributed by atoms with van der Waals surface area (Å²) in [6.07, 6.45) is 3.44. The van der Waals surface area contributed by atoms with Crippen LogP contribution in [-0.2, 0) is 4.79 Å². The topological polar surface area (TPSA) is 55.1 Å². The van der Waals surface area contributed by atoms with Gasteiger partial charge in [-0.15, -0.1) is 0 Å². The summed E-state index contributed by atoms with van der Waals surface area (Å²) < 4.78 is 0. The maximum atomic E-state index is 11.5. The minimum atomic E-state index is -0.0337. The first kappa shape index (κ1) is 10.2. The van der Waals surface area contributed by atoms with Gasteiger partial charge >= 0.3 is 0 Å². The summed E-state index contributed by atoms with van der Waals surface area (Å²) in [6, 6.07) is 9.50. The van der Waals surface area contributed by atoms with E-state index < -0.39 is 0 Å². The number of para-hydroxylation sites is 1. The molecule has 0 aromatic heterocycles. The normalized spacial score (nSPS) is 17.1. The van der Waals surface area contributed by atoms with Crippen LogP contribution in [0.25, 0.3) is 0 Å². The van der Waals surface area contributed by atoms with Gasteiger partial charge in [0.15, 0.2) is 0 Å². The molecule has 1 fully saturated rings. The molecule has 3 nitrogen and oxygen atoms in total. The number of anilines is 1. The van der Waals surface area contributed by atoms with Gasteiger partial charge in [-0.05, 0) is 31.4 Å². The molecule has 80 valence electrons. The molecule has 0 bridgehead atoms. The molecule has 0 saturated heterocycles. The molecule has 3 N–H and O–H groups in total. The zero-order valence-electron chi connectivity index (χ0n) is 8.70. The number of hydrogen-bond acceptors (Lipinski definition) is 2. The molecule has 1 aliphatic rings. The van der Waals surface area contributed by atoms with Crippen LogP contribution in [0.3, 0.4) is 0 Å². The van der Waals surface area contributed by atoms with Crippen molar-refractivity contribution in [1.82, 2.24) is 0 Å². The molecule has 1 aromatic rings. The maximum absolute atomic E-state index is 11.5. The molecule has 0 aliphatic heterocycles. The van der Waals surface area contributed by atoms with Crippen molar-refractivity contribution in [1.29, 1.82) is 0 Å². The Hall–Kier alpha value is -1.35. The Kier molecular flexibility index (Phi) is 2.73. The average Bonchev–Trinajstić information content (AvgIpc) is 2.96. The van der Waals surface area contributed by atoms with Gasteiger partial charge in [-0.1, -0.05) is 18.2 Å². The second kappa shape index (κ2) is 4.03. The van der Waals surface area contributed by atoms with Crippen molar-refractivity contribution in [3.63, 3.8) is 0 Å². The summed E-state index contributed by atoms with van der Waals surface area (Å²) in [5.74, 6) is 0.0536. The zero-order valence-corrected chi connectivity index (χ0v) is 8.70. The summed E-state index contributed by atoms with van der Waals surface area (Å²) in [5.41, 5.74) is 6.73. The third kappa shape index (κ3) is 3.06. The second-order valence-corrected chi connectivity index (χ2v) is 4.28. The monoisotopic (exact) mass is 204 g/mol. The summed E-state index contributed by atoms with van der Waals surface area (Å²) in [5, 5.41) is 2.85. The summed E-state index contributed by atoms with van der Waals surface area (Å²) in [7, 11) is 0. The minimum Gasteiger partial charge on any atom is -0.326 e. The van der Waals surface area contributed by atoms with E-state index in [9.17, 15) is 4.79 Å². The van der Waals surface area contributed by atoms with Gasteiger partial charge in [-0.25, -0.2) is 0 Å². The van der Waals surface area contributed by atoms with Crippen LogP contribution in [0.1, 0.15) is 25.7 Å². The predicted molar refractivity (Wildman–Crippen MR) is 60.5 cm³/mol. The molecule has 0 atom stereocenters. The fourth-order valence-electron chi connectivity index (χ4n) is 1.52. The van der Waals surface area contributed by atoms with Crippen LogP contribution in [0.5, 0.6) is 0 Å². The molecule has 3 heteroatoms. The first-order valence-corrected chi connectivity index (χ1v) is 5.32. The van der Waals surface area contributed by atoms with Gasteiger partial charge in [-0.3, -0.25) is 4.79 Å². The number of rotatable bonds is 4. The fraction of sp³-hybridized carbons (Fsp3) is 0.417. The van der Waals surface area contributed by atoms with E-state index >= 15 is 0 Å². The molecule has 1 saturated carbocycles. The van der Waals surface area contributed by atoms with Crippen LogP contribution in [0, 0.1) is 0 Å². The lowest BCUT2D eigenvalue weighted by molar-refractivity contribution is -0.116. The van der Waals surface area contributed by atoms with Gasteiger partial charge < -0.3 is 11.1 Å². The second-order valence-electron chi connectivity index (χ2n) is 4.28. The zero-order chi connectivity index (χ0) is 10.7. The van der Waals surface area contributed by atoms with Crippen LogP contribution in [0.4, 0.5) is 5.69 Å². The average molecular weight is 204 g/mol. The Morgan fingerprint density at radius 2 is 2.00 bits per heavy atom. The van der Waals surface area contributed by atoms with Gasteiger partial charge in [0, 0.05) is 17.6 Å². The van der Waals surface area contributed by atoms with Crippen molar-refractivity contribution in [2.24, 2.45) is 5.73 Å². The molecule has 2 rings (SSSR count). The molecular formula is C12H16N2O. The van der Waals surface area contributed by atoms with E-state index in [1.54, 1.807) is 0 Å². The molecule has 0 heterocycles. The maximum Gasteiger partial charge on any atom is 0.224 e. The van der Waals surface area contributed by atoms with Crippen molar-refractivity contribution in [3.05, 3.63) is 30.3 Å². The number of nitrogens with two attached hydrogens (primary N) is 1. The first-order chi connectivity index (χ1) is 7.18. The van der Waals surface area contributed by atoms with Crippen LogP contribution < -0.4 is 11.1 Å². The highest BCUT2D eigenvalue weighted by Crippen LogP contribution is 2.36. The number of carbonyl (C=O) groups is 1. The molecule has 1 aliphatic carbocycles. The number of benzene rings is 1. The van der Waals surface area contributed by atoms with Crippen molar-refractivity contribution < 1.29 is 4.79 Å². The SMILES string of the molecule is NC1(CCC(=O)Nc2ccccc2)CC1. The van der Waals surface area contributed by atoms with Crippen molar-refractivity contribution in [3.8, 4) is 0 Å². The third-order valence-electron chi connectivity index (χ3n) is 2.80. The molecule has 0 unspecified atom stereocenters. The van der Waals surface area contributed by atoms with E-state index in [1.165, 1.54) is 0 Å². The smallest absolute Gasteiger partial charge is 0.224 e. The number of amides is 1. The van der Waals surface area contributed by atoms with E-state index in [2.05, 4.69) is 5.32 Å². The Balaban J connectivity index is 1.77. The van der Waals surface area contributed by atoms with Crippen LogP contribution in [0.2, 0.25) is 0 Å². The molecule has 1 aromatic carbocycles. The Morgan fingerprint density at radius 1 is 1.33 bits per heavy atom. The number of carbonyl (C=O) groups excluding carboxylic acids is 1. The number of nitrogens with one attached hydrogen (secondary N) is 1. The lowest BCUT2D eigenvalue weighted by Gasteiger charge is -2.08. The van der Waals surface area contributed by atoms with Gasteiger partial charge in [0.25, 0.3) is 0 Å². The highest BCUT2D eigenvalue weighted by Gasteiger charge is 2.37. The van der Waals surface area contributed by atoms with Gasteiger partial charge in [0.1, 0.15) is 0 Å².